The Morgan fingerprint density at radius 2 is 2.33 bits per heavy atom. The van der Waals surface area contributed by atoms with Gasteiger partial charge in [0.1, 0.15) is 0 Å². The van der Waals surface area contributed by atoms with Gasteiger partial charge in [-0.1, -0.05) is 0 Å². The Morgan fingerprint density at radius 3 is 2.87 bits per heavy atom. The maximum atomic E-state index is 11.6. The van der Waals surface area contributed by atoms with Crippen molar-refractivity contribution in [2.24, 2.45) is 5.92 Å². The number of aromatic amines is 1. The first kappa shape index (κ1) is 9.63. The zero-order valence-corrected chi connectivity index (χ0v) is 7.88. The van der Waals surface area contributed by atoms with E-state index in [1.807, 2.05) is 0 Å². The highest BCUT2D eigenvalue weighted by Crippen LogP contribution is 2.20. The van der Waals surface area contributed by atoms with E-state index in [9.17, 15) is 9.59 Å². The summed E-state index contributed by atoms with van der Waals surface area (Å²) in [7, 11) is 0. The molecule has 1 aromatic heterocycles. The summed E-state index contributed by atoms with van der Waals surface area (Å²) in [4.78, 5) is 23.5. The van der Waals surface area contributed by atoms with Crippen LogP contribution in [0.3, 0.4) is 0 Å². The Balaban J connectivity index is 1.85. The zero-order valence-electron chi connectivity index (χ0n) is 7.88. The van der Waals surface area contributed by atoms with Crippen LogP contribution in [0.25, 0.3) is 0 Å². The van der Waals surface area contributed by atoms with Gasteiger partial charge in [-0.3, -0.25) is 9.59 Å². The summed E-state index contributed by atoms with van der Waals surface area (Å²) in [6.45, 7) is 0.968. The Bertz CT molecular complexity index is 369. The molecule has 80 valence electrons. The van der Waals surface area contributed by atoms with Crippen molar-refractivity contribution in [2.45, 2.75) is 6.42 Å². The first-order valence-electron chi connectivity index (χ1n) is 4.53. The van der Waals surface area contributed by atoms with Crippen molar-refractivity contribution >= 4 is 11.9 Å². The number of carbonyl (C=O) groups is 2. The number of aromatic nitrogens is 3. The molecule has 0 saturated carbocycles. The normalized spacial score (nSPS) is 16.1. The van der Waals surface area contributed by atoms with Crippen molar-refractivity contribution in [2.75, 3.05) is 13.1 Å². The van der Waals surface area contributed by atoms with E-state index in [0.29, 0.717) is 13.1 Å². The number of likely N-dealkylation sites (tertiary alicyclic amines) is 1. The van der Waals surface area contributed by atoms with Crippen LogP contribution in [0.4, 0.5) is 0 Å². The Kier molecular flexibility index (Phi) is 2.36. The molecule has 1 saturated heterocycles. The molecule has 0 radical (unpaired) electrons. The molecule has 0 atom stereocenters. The number of carbonyl (C=O) groups excluding carboxylic acids is 1. The lowest BCUT2D eigenvalue weighted by atomic mass is 9.96. The molecule has 0 aromatic carbocycles. The molecule has 15 heavy (non-hydrogen) atoms. The van der Waals surface area contributed by atoms with Crippen LogP contribution in [0.2, 0.25) is 0 Å². The number of aliphatic carboxylic acids is 1. The lowest BCUT2D eigenvalue weighted by Crippen LogP contribution is -2.50. The highest BCUT2D eigenvalue weighted by molar-refractivity contribution is 5.92. The monoisotopic (exact) mass is 210 g/mol. The van der Waals surface area contributed by atoms with Crippen molar-refractivity contribution in [3.63, 3.8) is 0 Å². The summed E-state index contributed by atoms with van der Waals surface area (Å²) in [6.07, 6.45) is 1.47. The average Bonchev–Trinajstić information content (AvgIpc) is 2.61. The number of H-pyrrole nitrogens is 1. The molecule has 1 aromatic rings. The minimum Gasteiger partial charge on any atom is -0.481 e. The number of nitrogens with one attached hydrogen (secondary N) is 1. The fraction of sp³-hybridized carbons (Fsp3) is 0.500. The first-order chi connectivity index (χ1) is 7.16. The molecular formula is C8H10N4O3. The van der Waals surface area contributed by atoms with Crippen molar-refractivity contribution in [3.05, 3.63) is 11.9 Å². The van der Waals surface area contributed by atoms with Gasteiger partial charge < -0.3 is 10.0 Å². The number of amides is 1. The van der Waals surface area contributed by atoms with Crippen LogP contribution >= 0.6 is 0 Å². The second kappa shape index (κ2) is 3.68. The number of nitrogens with zero attached hydrogens (tertiary/aromatic N) is 3. The molecule has 1 amide bonds. The van der Waals surface area contributed by atoms with E-state index < -0.39 is 5.97 Å². The van der Waals surface area contributed by atoms with Gasteiger partial charge in [0.2, 0.25) is 0 Å². The summed E-state index contributed by atoms with van der Waals surface area (Å²) < 4.78 is 0. The quantitative estimate of drug-likeness (QED) is 0.690. The highest BCUT2D eigenvalue weighted by Gasteiger charge is 2.33. The summed E-state index contributed by atoms with van der Waals surface area (Å²) in [5.41, 5.74) is 0.267. The molecule has 1 aliphatic heterocycles. The van der Waals surface area contributed by atoms with Crippen LogP contribution in [0.15, 0.2) is 6.20 Å². The van der Waals surface area contributed by atoms with E-state index in [4.69, 9.17) is 5.11 Å². The molecule has 2 N–H and O–H groups in total. The molecule has 1 aliphatic rings. The lowest BCUT2D eigenvalue weighted by molar-refractivity contribution is -0.139. The van der Waals surface area contributed by atoms with E-state index in [1.165, 1.54) is 6.20 Å². The Morgan fingerprint density at radius 1 is 1.60 bits per heavy atom. The molecule has 0 unspecified atom stereocenters. The van der Waals surface area contributed by atoms with Gasteiger partial charge in [-0.2, -0.15) is 15.4 Å². The Hall–Kier alpha value is -1.92. The van der Waals surface area contributed by atoms with Crippen LogP contribution in [0.5, 0.6) is 0 Å². The number of carboxylic acids is 1. The van der Waals surface area contributed by atoms with Crippen molar-refractivity contribution < 1.29 is 14.7 Å². The van der Waals surface area contributed by atoms with E-state index >= 15 is 0 Å². The van der Waals surface area contributed by atoms with Gasteiger partial charge in [0, 0.05) is 19.0 Å². The summed E-state index contributed by atoms with van der Waals surface area (Å²) in [5, 5.41) is 18.1. The molecular weight excluding hydrogens is 200 g/mol. The minimum absolute atomic E-state index is 0.0679. The smallest absolute Gasteiger partial charge is 0.303 e. The summed E-state index contributed by atoms with van der Waals surface area (Å²) in [6, 6.07) is 0. The van der Waals surface area contributed by atoms with Gasteiger partial charge in [-0.15, -0.1) is 0 Å². The number of carboxylic acid groups (broad SMARTS) is 1. The maximum Gasteiger partial charge on any atom is 0.303 e. The topological polar surface area (TPSA) is 99.2 Å². The van der Waals surface area contributed by atoms with Gasteiger partial charge in [0.15, 0.2) is 5.69 Å². The van der Waals surface area contributed by atoms with Gasteiger partial charge in [-0.05, 0) is 0 Å². The molecule has 1 fully saturated rings. The third-order valence-corrected chi connectivity index (χ3v) is 2.34. The molecule has 0 spiro atoms. The van der Waals surface area contributed by atoms with E-state index in [-0.39, 0.29) is 23.9 Å². The van der Waals surface area contributed by atoms with Crippen LogP contribution in [-0.2, 0) is 4.79 Å². The predicted octanol–water partition coefficient (Wildman–Crippen LogP) is -0.649. The van der Waals surface area contributed by atoms with Crippen molar-refractivity contribution in [3.8, 4) is 0 Å². The third kappa shape index (κ3) is 1.95. The van der Waals surface area contributed by atoms with Crippen molar-refractivity contribution in [1.29, 1.82) is 0 Å². The first-order valence-corrected chi connectivity index (χ1v) is 4.53. The van der Waals surface area contributed by atoms with Crippen LogP contribution in [0, 0.1) is 5.92 Å². The average molecular weight is 210 g/mol. The molecule has 0 bridgehead atoms. The minimum atomic E-state index is -0.825. The summed E-state index contributed by atoms with van der Waals surface area (Å²) in [5.74, 6) is -0.961. The molecule has 2 rings (SSSR count). The van der Waals surface area contributed by atoms with Gasteiger partial charge in [0.05, 0.1) is 12.6 Å². The SMILES string of the molecule is O=C(O)CC1CN(C(=O)c2cn[nH]n2)C1. The molecule has 7 nitrogen and oxygen atoms in total. The van der Waals surface area contributed by atoms with Crippen LogP contribution < -0.4 is 0 Å². The fourth-order valence-corrected chi connectivity index (χ4v) is 1.58. The zero-order chi connectivity index (χ0) is 10.8. The predicted molar refractivity (Wildman–Crippen MR) is 48.0 cm³/mol. The van der Waals surface area contributed by atoms with E-state index in [1.54, 1.807) is 4.90 Å². The van der Waals surface area contributed by atoms with E-state index in [0.717, 1.165) is 0 Å². The largest absolute Gasteiger partial charge is 0.481 e. The fourth-order valence-electron chi connectivity index (χ4n) is 1.58. The van der Waals surface area contributed by atoms with E-state index in [2.05, 4.69) is 15.4 Å². The maximum absolute atomic E-state index is 11.6. The highest BCUT2D eigenvalue weighted by atomic mass is 16.4. The number of hydrogen-bond donors (Lipinski definition) is 2. The number of rotatable bonds is 3. The van der Waals surface area contributed by atoms with Gasteiger partial charge in [-0.25, -0.2) is 0 Å². The lowest BCUT2D eigenvalue weighted by Gasteiger charge is -2.37. The standard InChI is InChI=1S/C8H10N4O3/c13-7(14)1-5-3-12(4-5)8(15)6-2-9-11-10-6/h2,5H,1,3-4H2,(H,13,14)(H,9,10,11). The van der Waals surface area contributed by atoms with Crippen molar-refractivity contribution in [1.82, 2.24) is 20.3 Å². The van der Waals surface area contributed by atoms with Gasteiger partial charge >= 0.3 is 5.97 Å². The van der Waals surface area contributed by atoms with Crippen LogP contribution in [-0.4, -0.2) is 50.4 Å². The second-order valence-corrected chi connectivity index (χ2v) is 3.53. The number of hydrogen-bond acceptors (Lipinski definition) is 4. The van der Waals surface area contributed by atoms with Gasteiger partial charge in [0.25, 0.3) is 5.91 Å². The van der Waals surface area contributed by atoms with Crippen LogP contribution in [0.1, 0.15) is 16.9 Å². The molecule has 0 aliphatic carbocycles. The third-order valence-electron chi connectivity index (χ3n) is 2.34. The molecule has 2 heterocycles. The summed E-state index contributed by atoms with van der Waals surface area (Å²) >= 11 is 0. The Labute approximate surface area is 85.1 Å². The second-order valence-electron chi connectivity index (χ2n) is 3.53. The molecule has 7 heteroatoms.